The molecule has 4 rings (SSSR count). The molecule has 0 unspecified atom stereocenters. The first kappa shape index (κ1) is 16.3. The van der Waals surface area contributed by atoms with Crippen LogP contribution in [0.4, 0.5) is 4.39 Å². The Kier molecular flexibility index (Phi) is 4.07. The number of aryl methyl sites for hydroxylation is 2. The number of aromatic nitrogens is 1. The average Bonchev–Trinajstić information content (AvgIpc) is 3.19. The summed E-state index contributed by atoms with van der Waals surface area (Å²) in [7, 11) is 0. The van der Waals surface area contributed by atoms with Gasteiger partial charge < -0.3 is 9.42 Å². The van der Waals surface area contributed by atoms with Crippen LogP contribution in [0.1, 0.15) is 22.6 Å². The van der Waals surface area contributed by atoms with E-state index in [0.29, 0.717) is 12.5 Å². The molecule has 1 aromatic heterocycles. The zero-order valence-electron chi connectivity index (χ0n) is 14.5. The maximum absolute atomic E-state index is 13.3. The molecule has 2 fully saturated rings. The van der Waals surface area contributed by atoms with Gasteiger partial charge in [-0.3, -0.25) is 9.69 Å². The zero-order chi connectivity index (χ0) is 17.6. The first-order chi connectivity index (χ1) is 12.0. The Morgan fingerprint density at radius 1 is 1.24 bits per heavy atom. The van der Waals surface area contributed by atoms with E-state index in [9.17, 15) is 9.18 Å². The number of amides is 1. The van der Waals surface area contributed by atoms with E-state index in [1.165, 1.54) is 12.1 Å². The fraction of sp³-hybridized carbons (Fsp3) is 0.474. The van der Waals surface area contributed by atoms with Gasteiger partial charge in [0.15, 0.2) is 0 Å². The van der Waals surface area contributed by atoms with Crippen molar-refractivity contribution in [3.8, 4) is 0 Å². The second kappa shape index (κ2) is 6.26. The van der Waals surface area contributed by atoms with Crippen LogP contribution in [0.5, 0.6) is 0 Å². The summed E-state index contributed by atoms with van der Waals surface area (Å²) >= 11 is 0. The number of halogens is 1. The van der Waals surface area contributed by atoms with Crippen LogP contribution in [-0.4, -0.2) is 40.5 Å². The van der Waals surface area contributed by atoms with Crippen molar-refractivity contribution in [3.05, 3.63) is 52.7 Å². The Morgan fingerprint density at radius 2 is 2.08 bits per heavy atom. The minimum Gasteiger partial charge on any atom is -0.361 e. The Bertz CT molecular complexity index is 784. The molecular formula is C19H22FN3O2. The lowest BCUT2D eigenvalue weighted by atomic mass is 10.0. The van der Waals surface area contributed by atoms with E-state index < -0.39 is 0 Å². The van der Waals surface area contributed by atoms with Crippen molar-refractivity contribution in [3.63, 3.8) is 0 Å². The first-order valence-corrected chi connectivity index (χ1v) is 8.68. The highest BCUT2D eigenvalue weighted by Crippen LogP contribution is 2.34. The van der Waals surface area contributed by atoms with Crippen molar-refractivity contribution < 1.29 is 13.7 Å². The standard InChI is InChI=1S/C19H22FN3O2/c1-12-17(13(2)25-21-12)10-22-8-15-9-23(19(24)18(15)11-22)7-14-4-3-5-16(20)6-14/h3-6,15,18H,7-11H2,1-2H3/t15-,18-/m1/s1. The summed E-state index contributed by atoms with van der Waals surface area (Å²) in [5.74, 6) is 1.19. The summed E-state index contributed by atoms with van der Waals surface area (Å²) in [5, 5.41) is 4.00. The topological polar surface area (TPSA) is 49.6 Å². The van der Waals surface area contributed by atoms with Gasteiger partial charge in [0, 0.05) is 44.2 Å². The van der Waals surface area contributed by atoms with Crippen LogP contribution >= 0.6 is 0 Å². The summed E-state index contributed by atoms with van der Waals surface area (Å²) in [6.45, 7) is 7.58. The smallest absolute Gasteiger partial charge is 0.227 e. The molecule has 1 aromatic carbocycles. The van der Waals surface area contributed by atoms with Crippen molar-refractivity contribution in [2.24, 2.45) is 11.8 Å². The van der Waals surface area contributed by atoms with Crippen LogP contribution in [0.2, 0.25) is 0 Å². The molecule has 2 aromatic rings. The fourth-order valence-corrected chi connectivity index (χ4v) is 4.11. The fourth-order valence-electron chi connectivity index (χ4n) is 4.11. The van der Waals surface area contributed by atoms with Gasteiger partial charge in [-0.2, -0.15) is 0 Å². The van der Waals surface area contributed by atoms with Crippen molar-refractivity contribution in [2.45, 2.75) is 26.9 Å². The molecule has 2 atom stereocenters. The molecule has 2 aliphatic rings. The van der Waals surface area contributed by atoms with Gasteiger partial charge in [0.25, 0.3) is 0 Å². The Labute approximate surface area is 146 Å². The number of likely N-dealkylation sites (tertiary alicyclic amines) is 2. The molecule has 2 aliphatic heterocycles. The summed E-state index contributed by atoms with van der Waals surface area (Å²) in [6, 6.07) is 6.49. The number of rotatable bonds is 4. The van der Waals surface area contributed by atoms with Crippen LogP contribution < -0.4 is 0 Å². The molecule has 132 valence electrons. The van der Waals surface area contributed by atoms with Gasteiger partial charge in [0.2, 0.25) is 5.91 Å². The molecule has 2 saturated heterocycles. The van der Waals surface area contributed by atoms with E-state index in [-0.39, 0.29) is 17.6 Å². The summed E-state index contributed by atoms with van der Waals surface area (Å²) in [4.78, 5) is 16.9. The largest absolute Gasteiger partial charge is 0.361 e. The van der Waals surface area contributed by atoms with E-state index >= 15 is 0 Å². The lowest BCUT2D eigenvalue weighted by molar-refractivity contribution is -0.131. The third-order valence-electron chi connectivity index (χ3n) is 5.43. The SMILES string of the molecule is Cc1noc(C)c1CN1C[C@@H]2CN(Cc3cccc(F)c3)C(=O)[C@@H]2C1. The van der Waals surface area contributed by atoms with Gasteiger partial charge in [-0.25, -0.2) is 4.39 Å². The number of hydrogen-bond acceptors (Lipinski definition) is 4. The van der Waals surface area contributed by atoms with Crippen molar-refractivity contribution in [1.29, 1.82) is 0 Å². The average molecular weight is 343 g/mol. The minimum absolute atomic E-state index is 0.0500. The Balaban J connectivity index is 1.40. The van der Waals surface area contributed by atoms with Crippen LogP contribution in [0, 0.1) is 31.5 Å². The second-order valence-electron chi connectivity index (χ2n) is 7.21. The lowest BCUT2D eigenvalue weighted by Crippen LogP contribution is -2.32. The molecule has 0 radical (unpaired) electrons. The Morgan fingerprint density at radius 3 is 2.76 bits per heavy atom. The quantitative estimate of drug-likeness (QED) is 0.856. The van der Waals surface area contributed by atoms with Crippen molar-refractivity contribution in [1.82, 2.24) is 15.0 Å². The van der Waals surface area contributed by atoms with Crippen LogP contribution in [0.3, 0.4) is 0 Å². The molecule has 25 heavy (non-hydrogen) atoms. The molecule has 0 saturated carbocycles. The molecule has 3 heterocycles. The Hall–Kier alpha value is -2.21. The van der Waals surface area contributed by atoms with E-state index in [1.807, 2.05) is 24.8 Å². The number of nitrogens with zero attached hydrogens (tertiary/aromatic N) is 3. The minimum atomic E-state index is -0.255. The highest BCUT2D eigenvalue weighted by atomic mass is 19.1. The maximum Gasteiger partial charge on any atom is 0.227 e. The molecule has 0 spiro atoms. The monoisotopic (exact) mass is 343 g/mol. The van der Waals surface area contributed by atoms with Crippen molar-refractivity contribution in [2.75, 3.05) is 19.6 Å². The van der Waals surface area contributed by atoms with Gasteiger partial charge in [0.05, 0.1) is 11.6 Å². The van der Waals surface area contributed by atoms with Gasteiger partial charge in [-0.1, -0.05) is 17.3 Å². The van der Waals surface area contributed by atoms with Gasteiger partial charge in [-0.05, 0) is 31.5 Å². The number of benzene rings is 1. The van der Waals surface area contributed by atoms with Crippen LogP contribution in [0.15, 0.2) is 28.8 Å². The number of fused-ring (bicyclic) bond motifs is 1. The molecule has 5 nitrogen and oxygen atoms in total. The number of carbonyl (C=O) groups is 1. The molecule has 1 amide bonds. The van der Waals surface area contributed by atoms with Crippen molar-refractivity contribution >= 4 is 5.91 Å². The molecule has 0 bridgehead atoms. The molecule has 0 N–H and O–H groups in total. The zero-order valence-corrected chi connectivity index (χ0v) is 14.5. The number of carbonyl (C=O) groups excluding carboxylic acids is 1. The van der Waals surface area contributed by atoms with E-state index in [4.69, 9.17) is 4.52 Å². The maximum atomic E-state index is 13.3. The third-order valence-corrected chi connectivity index (χ3v) is 5.43. The van der Waals surface area contributed by atoms with E-state index in [0.717, 1.165) is 48.8 Å². The van der Waals surface area contributed by atoms with Gasteiger partial charge in [-0.15, -0.1) is 0 Å². The predicted molar refractivity (Wildman–Crippen MR) is 90.1 cm³/mol. The predicted octanol–water partition coefficient (Wildman–Crippen LogP) is 2.52. The molecule has 0 aliphatic carbocycles. The normalized spacial score (nSPS) is 23.5. The summed E-state index contributed by atoms with van der Waals surface area (Å²) < 4.78 is 18.6. The second-order valence-corrected chi connectivity index (χ2v) is 7.21. The summed E-state index contributed by atoms with van der Waals surface area (Å²) in [6.07, 6.45) is 0. The van der Waals surface area contributed by atoms with Gasteiger partial charge in [0.1, 0.15) is 11.6 Å². The molecule has 6 heteroatoms. The van der Waals surface area contributed by atoms with Gasteiger partial charge >= 0.3 is 0 Å². The highest BCUT2D eigenvalue weighted by molar-refractivity contribution is 5.82. The lowest BCUT2D eigenvalue weighted by Gasteiger charge is -2.21. The third kappa shape index (κ3) is 3.06. The van der Waals surface area contributed by atoms with Crippen LogP contribution in [0.25, 0.3) is 0 Å². The molecular weight excluding hydrogens is 321 g/mol. The van der Waals surface area contributed by atoms with Crippen LogP contribution in [-0.2, 0) is 17.9 Å². The van der Waals surface area contributed by atoms with E-state index in [2.05, 4.69) is 10.1 Å². The first-order valence-electron chi connectivity index (χ1n) is 8.68. The summed E-state index contributed by atoms with van der Waals surface area (Å²) in [5.41, 5.74) is 2.90. The van der Waals surface area contributed by atoms with E-state index in [1.54, 1.807) is 6.07 Å². The highest BCUT2D eigenvalue weighted by Gasteiger charge is 2.46. The number of hydrogen-bond donors (Lipinski definition) is 0.